The molecule has 0 spiro atoms. The zero-order valence-electron chi connectivity index (χ0n) is 8.71. The predicted molar refractivity (Wildman–Crippen MR) is 54.8 cm³/mol. The molecule has 0 amide bonds. The van der Waals surface area contributed by atoms with Gasteiger partial charge in [0.25, 0.3) is 0 Å². The summed E-state index contributed by atoms with van der Waals surface area (Å²) in [5, 5.41) is 2.93. The van der Waals surface area contributed by atoms with Crippen LogP contribution in [0.25, 0.3) is 0 Å². The van der Waals surface area contributed by atoms with E-state index in [0.29, 0.717) is 45.5 Å². The van der Waals surface area contributed by atoms with Gasteiger partial charge in [0.05, 0.1) is 40.0 Å². The van der Waals surface area contributed by atoms with Crippen molar-refractivity contribution in [2.75, 3.05) is 46.6 Å². The number of rotatable bonds is 8. The Kier molecular flexibility index (Phi) is 9.61. The summed E-state index contributed by atoms with van der Waals surface area (Å²) in [7, 11) is 1.75. The molecule has 0 aromatic carbocycles. The van der Waals surface area contributed by atoms with Gasteiger partial charge in [-0.2, -0.15) is 0 Å². The summed E-state index contributed by atoms with van der Waals surface area (Å²) in [6, 6.07) is 0. The average Bonchev–Trinajstić information content (AvgIpc) is 2.21. The molecule has 14 heavy (non-hydrogen) atoms. The second kappa shape index (κ2) is 10.2. The zero-order chi connectivity index (χ0) is 10.6. The summed E-state index contributed by atoms with van der Waals surface area (Å²) in [5.74, 6) is 0.549. The largest absolute Gasteiger partial charge is 0.378 e. The Morgan fingerprint density at radius 3 is 2.43 bits per heavy atom. The molecule has 0 bridgehead atoms. The van der Waals surface area contributed by atoms with Crippen LogP contribution in [0.2, 0.25) is 0 Å². The molecule has 0 aliphatic rings. The van der Waals surface area contributed by atoms with Gasteiger partial charge in [0, 0.05) is 6.54 Å². The fourth-order valence-electron chi connectivity index (χ4n) is 0.752. The van der Waals surface area contributed by atoms with Crippen molar-refractivity contribution in [1.82, 2.24) is 5.32 Å². The Morgan fingerprint density at radius 1 is 1.21 bits per heavy atom. The first-order valence-corrected chi connectivity index (χ1v) is 4.71. The first kappa shape index (κ1) is 13.2. The summed E-state index contributed by atoms with van der Waals surface area (Å²) in [4.78, 5) is 2.77. The molecule has 0 aromatic rings. The molecule has 6 heteroatoms. The van der Waals surface area contributed by atoms with E-state index in [9.17, 15) is 0 Å². The third-order valence-electron chi connectivity index (χ3n) is 1.47. The van der Waals surface area contributed by atoms with E-state index < -0.39 is 0 Å². The molecule has 0 saturated heterocycles. The summed E-state index contributed by atoms with van der Waals surface area (Å²) in [6.07, 6.45) is 0. The van der Waals surface area contributed by atoms with Gasteiger partial charge in [0.15, 0.2) is 0 Å². The lowest BCUT2D eigenvalue weighted by atomic mass is 10.6. The van der Waals surface area contributed by atoms with Gasteiger partial charge in [-0.05, 0) is 0 Å². The second-order valence-corrected chi connectivity index (χ2v) is 2.60. The van der Waals surface area contributed by atoms with Crippen LogP contribution in [0.4, 0.5) is 0 Å². The topological polar surface area (TPSA) is 96.5 Å². The van der Waals surface area contributed by atoms with Crippen molar-refractivity contribution in [2.45, 2.75) is 0 Å². The van der Waals surface area contributed by atoms with E-state index in [0.717, 1.165) is 0 Å². The maximum absolute atomic E-state index is 5.45. The maximum Gasteiger partial charge on any atom is 0.340 e. The molecule has 6 nitrogen and oxygen atoms in total. The highest BCUT2D eigenvalue weighted by Crippen LogP contribution is 1.76. The van der Waals surface area contributed by atoms with Crippen LogP contribution in [0.3, 0.4) is 0 Å². The fourth-order valence-corrected chi connectivity index (χ4v) is 0.752. The van der Waals surface area contributed by atoms with Crippen LogP contribution in [-0.4, -0.2) is 52.5 Å². The first-order chi connectivity index (χ1) is 6.81. The summed E-state index contributed by atoms with van der Waals surface area (Å²) >= 11 is 0. The van der Waals surface area contributed by atoms with Gasteiger partial charge in [-0.25, -0.2) is 0 Å². The maximum atomic E-state index is 5.45. The standard InChI is InChI=1S/C8H20N4O2/c1-11-8(10)12-3-5-14-7-6-13-4-2-9/h2-7,9H2,1H3,(H3,10,11,12)/p+1. The molecular weight excluding hydrogens is 184 g/mol. The lowest BCUT2D eigenvalue weighted by Crippen LogP contribution is -2.74. The van der Waals surface area contributed by atoms with Gasteiger partial charge in [-0.3, -0.25) is 16.0 Å². The highest BCUT2D eigenvalue weighted by Gasteiger charge is 1.95. The summed E-state index contributed by atoms with van der Waals surface area (Å²) in [5.41, 5.74) is 10.7. The van der Waals surface area contributed by atoms with Crippen molar-refractivity contribution in [3.63, 3.8) is 0 Å². The molecule has 6 N–H and O–H groups in total. The molecule has 84 valence electrons. The zero-order valence-corrected chi connectivity index (χ0v) is 8.71. The van der Waals surface area contributed by atoms with Crippen molar-refractivity contribution >= 4 is 5.96 Å². The third-order valence-corrected chi connectivity index (χ3v) is 1.47. The van der Waals surface area contributed by atoms with Gasteiger partial charge in [-0.1, -0.05) is 0 Å². The highest BCUT2D eigenvalue weighted by molar-refractivity contribution is 5.71. The molecule has 0 fully saturated rings. The number of guanidine groups is 1. The lowest BCUT2D eigenvalue weighted by Gasteiger charge is -2.03. The molecule has 0 aliphatic carbocycles. The van der Waals surface area contributed by atoms with Crippen LogP contribution in [0, 0.1) is 0 Å². The Balaban J connectivity index is 2.99. The van der Waals surface area contributed by atoms with Gasteiger partial charge in [0.2, 0.25) is 0 Å². The van der Waals surface area contributed by atoms with Gasteiger partial charge < -0.3 is 15.2 Å². The van der Waals surface area contributed by atoms with Gasteiger partial charge in [-0.15, -0.1) is 0 Å². The number of nitrogens with one attached hydrogen (secondary N) is 2. The Bertz CT molecular complexity index is 152. The van der Waals surface area contributed by atoms with Crippen molar-refractivity contribution in [1.29, 1.82) is 0 Å². The monoisotopic (exact) mass is 205 g/mol. The lowest BCUT2D eigenvalue weighted by molar-refractivity contribution is -0.423. The van der Waals surface area contributed by atoms with E-state index in [1.54, 1.807) is 7.05 Å². The summed E-state index contributed by atoms with van der Waals surface area (Å²) in [6.45, 7) is 3.60. The molecule has 0 atom stereocenters. The van der Waals surface area contributed by atoms with Crippen LogP contribution in [0.15, 0.2) is 0 Å². The van der Waals surface area contributed by atoms with Crippen LogP contribution in [0.5, 0.6) is 0 Å². The van der Waals surface area contributed by atoms with E-state index in [2.05, 4.69) is 10.3 Å². The predicted octanol–water partition coefficient (Wildman–Crippen LogP) is -3.41. The minimum Gasteiger partial charge on any atom is -0.378 e. The number of hydrogen-bond donors (Lipinski definition) is 4. The first-order valence-electron chi connectivity index (χ1n) is 4.71. The normalized spacial score (nSPS) is 11.7. The second-order valence-electron chi connectivity index (χ2n) is 2.60. The minimum atomic E-state index is 0.549. The Labute approximate surface area is 84.6 Å². The average molecular weight is 205 g/mol. The minimum absolute atomic E-state index is 0.549. The van der Waals surface area contributed by atoms with Crippen molar-refractivity contribution < 1.29 is 14.5 Å². The molecule has 0 aromatic heterocycles. The Morgan fingerprint density at radius 2 is 1.86 bits per heavy atom. The van der Waals surface area contributed by atoms with E-state index >= 15 is 0 Å². The summed E-state index contributed by atoms with van der Waals surface area (Å²) < 4.78 is 10.4. The van der Waals surface area contributed by atoms with Crippen molar-refractivity contribution in [2.24, 2.45) is 11.5 Å². The molecule has 0 rings (SSSR count). The van der Waals surface area contributed by atoms with E-state index in [1.165, 1.54) is 0 Å². The van der Waals surface area contributed by atoms with Gasteiger partial charge >= 0.3 is 5.96 Å². The molecule has 0 heterocycles. The number of nitrogens with two attached hydrogens (primary N) is 2. The van der Waals surface area contributed by atoms with Crippen LogP contribution in [-0.2, 0) is 9.47 Å². The van der Waals surface area contributed by atoms with Crippen molar-refractivity contribution in [3.05, 3.63) is 0 Å². The smallest absolute Gasteiger partial charge is 0.340 e. The van der Waals surface area contributed by atoms with Crippen molar-refractivity contribution in [3.8, 4) is 0 Å². The molecule has 0 unspecified atom stereocenters. The number of ether oxygens (including phenoxy) is 2. The molecule has 0 saturated carbocycles. The fraction of sp³-hybridized carbons (Fsp3) is 0.875. The van der Waals surface area contributed by atoms with Gasteiger partial charge in [0.1, 0.15) is 0 Å². The molecular formula is C8H21N4O2+. The van der Waals surface area contributed by atoms with Crippen LogP contribution in [0.1, 0.15) is 0 Å². The van der Waals surface area contributed by atoms with Crippen LogP contribution >= 0.6 is 0 Å². The Hall–Kier alpha value is -0.850. The van der Waals surface area contributed by atoms with Crippen LogP contribution < -0.4 is 21.8 Å². The highest BCUT2D eigenvalue weighted by atomic mass is 16.5. The third kappa shape index (κ3) is 9.24. The van der Waals surface area contributed by atoms with E-state index in [-0.39, 0.29) is 0 Å². The number of hydrogen-bond acceptors (Lipinski definition) is 3. The van der Waals surface area contributed by atoms with E-state index in [1.807, 2.05) is 0 Å². The SMILES string of the molecule is C[NH+]=C(N)NCCOCCOCCN. The quantitative estimate of drug-likeness (QED) is 0.188. The molecule has 0 aliphatic heterocycles. The van der Waals surface area contributed by atoms with E-state index in [4.69, 9.17) is 20.9 Å². The molecule has 0 radical (unpaired) electrons.